The number of benzene rings is 3. The molecule has 0 bridgehead atoms. The summed E-state index contributed by atoms with van der Waals surface area (Å²) in [6, 6.07) is 20.9. The Balaban J connectivity index is 0.00000187. The van der Waals surface area contributed by atoms with E-state index in [2.05, 4.69) is 88.1 Å². The van der Waals surface area contributed by atoms with Crippen LogP contribution in [-0.2, 0) is 36.7 Å². The zero-order chi connectivity index (χ0) is 24.8. The predicted molar refractivity (Wildman–Crippen MR) is 143 cm³/mol. The summed E-state index contributed by atoms with van der Waals surface area (Å²) < 4.78 is 0. The number of phenols is 1. The van der Waals surface area contributed by atoms with Gasteiger partial charge in [-0.1, -0.05) is 110 Å². The first-order valence-electron chi connectivity index (χ1n) is 11.1. The number of aromatic hydroxyl groups is 1. The van der Waals surface area contributed by atoms with Gasteiger partial charge in [0, 0.05) is 10.9 Å². The number of phenolic OH excluding ortho intramolecular Hbond substituents is 1. The Labute approximate surface area is 217 Å². The van der Waals surface area contributed by atoms with E-state index in [0.29, 0.717) is 20.9 Å². The maximum absolute atomic E-state index is 11.2. The quantitative estimate of drug-likeness (QED) is 0.273. The fourth-order valence-corrected chi connectivity index (χ4v) is 4.97. The molecule has 3 aromatic rings. The molecule has 1 atom stereocenters. The summed E-state index contributed by atoms with van der Waals surface area (Å²) in [6.07, 6.45) is 0. The molecule has 3 rings (SSSR count). The maximum atomic E-state index is 11.2. The normalized spacial score (nSPS) is 11.8. The van der Waals surface area contributed by atoms with Crippen molar-refractivity contribution in [3.05, 3.63) is 88.2 Å². The van der Waals surface area contributed by atoms with Crippen LogP contribution in [0.2, 0.25) is 0 Å². The van der Waals surface area contributed by atoms with Crippen molar-refractivity contribution < 1.29 is 24.5 Å². The van der Waals surface area contributed by atoms with Crippen LogP contribution >= 0.6 is 17.9 Å². The monoisotopic (exact) mass is 515 g/mol. The van der Waals surface area contributed by atoms with Crippen LogP contribution in [0, 0.1) is 6.92 Å². The second-order valence-electron chi connectivity index (χ2n) is 10.3. The molecule has 0 aliphatic rings. The van der Waals surface area contributed by atoms with Gasteiger partial charge in [-0.2, -0.15) is 0 Å². The van der Waals surface area contributed by atoms with Crippen molar-refractivity contribution in [2.75, 3.05) is 0 Å². The molecule has 0 heterocycles. The Morgan fingerprint density at radius 3 is 2.09 bits per heavy atom. The second kappa shape index (κ2) is 11.9. The fourth-order valence-electron chi connectivity index (χ4n) is 3.62. The Morgan fingerprint density at radius 2 is 1.52 bits per heavy atom. The van der Waals surface area contributed by atoms with Crippen LogP contribution in [0.15, 0.2) is 60.7 Å². The van der Waals surface area contributed by atoms with Crippen LogP contribution in [0.4, 0.5) is 5.69 Å². The molecule has 0 aromatic heterocycles. The van der Waals surface area contributed by atoms with Crippen LogP contribution in [0.1, 0.15) is 63.8 Å². The van der Waals surface area contributed by atoms with Crippen LogP contribution in [0.25, 0.3) is 5.32 Å². The number of aryl methyl sites for hydroxylation is 1. The Kier molecular flexibility index (Phi) is 10.1. The van der Waals surface area contributed by atoms with Crippen LogP contribution in [0.3, 0.4) is 0 Å². The summed E-state index contributed by atoms with van der Waals surface area (Å²) in [6.45, 7) is 16.0. The molecule has 0 fully saturated rings. The first-order chi connectivity index (χ1) is 15.5. The molecule has 174 valence electrons. The second-order valence-corrected chi connectivity index (χ2v) is 11.6. The minimum absolute atomic E-state index is 0.0180. The van der Waals surface area contributed by atoms with Gasteiger partial charge < -0.3 is 10.4 Å². The van der Waals surface area contributed by atoms with Crippen molar-refractivity contribution in [3.8, 4) is 5.75 Å². The average molecular weight is 516 g/mol. The van der Waals surface area contributed by atoms with Gasteiger partial charge in [-0.15, -0.1) is 12.2 Å². The molecule has 5 heteroatoms. The van der Waals surface area contributed by atoms with E-state index in [4.69, 9.17) is 5.32 Å². The van der Waals surface area contributed by atoms with Crippen molar-refractivity contribution in [2.45, 2.75) is 65.8 Å². The summed E-state index contributed by atoms with van der Waals surface area (Å²) in [7, 11) is 5.02. The van der Waals surface area contributed by atoms with Crippen molar-refractivity contribution in [1.29, 1.82) is 0 Å². The molecular weight excluding hydrogens is 481 g/mol. The number of hydrogen-bond donors (Lipinski definition) is 1. The number of rotatable bonds is 5. The van der Waals surface area contributed by atoms with Gasteiger partial charge in [-0.3, -0.25) is 0 Å². The Bertz CT molecular complexity index is 1060. The SMILES string of the molecule is Cc1cccc(C[N-]c2ccccc2)c1Pc1cc(C(C)(C)C)cc(C(C)(C)C)c1O.[Cl][Ti+]. The van der Waals surface area contributed by atoms with E-state index in [1.165, 1.54) is 41.4 Å². The molecule has 33 heavy (non-hydrogen) atoms. The van der Waals surface area contributed by atoms with Gasteiger partial charge in [0.2, 0.25) is 0 Å². The van der Waals surface area contributed by atoms with Crippen molar-refractivity contribution >= 4 is 34.2 Å². The molecule has 0 radical (unpaired) electrons. The van der Waals surface area contributed by atoms with Crippen LogP contribution < -0.4 is 10.6 Å². The number of para-hydroxylation sites is 1. The van der Waals surface area contributed by atoms with Crippen molar-refractivity contribution in [1.82, 2.24) is 0 Å². The zero-order valence-corrected chi connectivity index (χ0v) is 24.1. The fraction of sp³-hybridized carbons (Fsp3) is 0.357. The summed E-state index contributed by atoms with van der Waals surface area (Å²) in [4.78, 5) is 0. The first-order valence-corrected chi connectivity index (χ1v) is 14.3. The van der Waals surface area contributed by atoms with Gasteiger partial charge in [0.1, 0.15) is 5.75 Å². The standard InChI is InChI=1S/C28H35NOP.ClH.Ti/c1-19-12-11-13-20(18-29-22-14-9-8-10-15-22)26(19)31-24-17-21(27(2,3)4)16-23(25(24)30)28(5,6)7;;/h8-17,30-31H,18H2,1-7H3;1H;/q-1;;+2/p-1. The molecule has 0 amide bonds. The van der Waals surface area contributed by atoms with Crippen molar-refractivity contribution in [2.24, 2.45) is 0 Å². The molecule has 2 nitrogen and oxygen atoms in total. The molecule has 0 aliphatic carbocycles. The molecule has 1 N–H and O–H groups in total. The summed E-state index contributed by atoms with van der Waals surface area (Å²) in [5, 5.41) is 18.3. The third-order valence-electron chi connectivity index (χ3n) is 5.59. The Hall–Kier alpha value is -1.31. The van der Waals surface area contributed by atoms with Gasteiger partial charge in [0.25, 0.3) is 0 Å². The van der Waals surface area contributed by atoms with E-state index in [0.717, 1.165) is 16.6 Å². The molecule has 0 aliphatic heterocycles. The third kappa shape index (κ3) is 7.59. The van der Waals surface area contributed by atoms with Gasteiger partial charge in [0.05, 0.1) is 0 Å². The molecule has 0 saturated carbocycles. The molecule has 0 saturated heterocycles. The van der Waals surface area contributed by atoms with Crippen molar-refractivity contribution in [3.63, 3.8) is 0 Å². The predicted octanol–water partition coefficient (Wildman–Crippen LogP) is 7.82. The van der Waals surface area contributed by atoms with Gasteiger partial charge >= 0.3 is 28.7 Å². The van der Waals surface area contributed by atoms with E-state index in [1.807, 2.05) is 30.3 Å². The van der Waals surface area contributed by atoms with E-state index in [9.17, 15) is 5.11 Å². The molecule has 0 spiro atoms. The average Bonchev–Trinajstić information content (AvgIpc) is 2.76. The molecule has 1 unspecified atom stereocenters. The molecule has 3 aromatic carbocycles. The van der Waals surface area contributed by atoms with Gasteiger partial charge in [-0.05, 0) is 40.3 Å². The molecular formula is C28H35ClNOPTi. The van der Waals surface area contributed by atoms with E-state index in [-0.39, 0.29) is 10.8 Å². The van der Waals surface area contributed by atoms with E-state index < -0.39 is 0 Å². The zero-order valence-electron chi connectivity index (χ0n) is 20.8. The minimum atomic E-state index is -0.123. The Morgan fingerprint density at radius 1 is 0.879 bits per heavy atom. The number of halogens is 1. The van der Waals surface area contributed by atoms with E-state index in [1.54, 1.807) is 0 Å². The summed E-state index contributed by atoms with van der Waals surface area (Å²) >= 11 is 1.47. The van der Waals surface area contributed by atoms with Crippen LogP contribution in [0.5, 0.6) is 5.75 Å². The van der Waals surface area contributed by atoms with Crippen LogP contribution in [-0.4, -0.2) is 5.11 Å². The first kappa shape index (κ1) is 27.9. The summed E-state index contributed by atoms with van der Waals surface area (Å²) in [5.41, 5.74) is 5.64. The summed E-state index contributed by atoms with van der Waals surface area (Å²) in [5.74, 6) is 0.438. The van der Waals surface area contributed by atoms with Gasteiger partial charge in [0.15, 0.2) is 0 Å². The number of nitrogens with zero attached hydrogens (tertiary/aromatic N) is 1. The van der Waals surface area contributed by atoms with E-state index >= 15 is 0 Å². The topological polar surface area (TPSA) is 34.3 Å². The third-order valence-corrected chi connectivity index (χ3v) is 7.21. The van der Waals surface area contributed by atoms with Gasteiger partial charge in [-0.25, -0.2) is 0 Å². The number of hydrogen-bond acceptors (Lipinski definition) is 1.